The topological polar surface area (TPSA) is 78.9 Å². The minimum Gasteiger partial charge on any atom is -0.462 e. The molecule has 0 bridgehead atoms. The predicted molar refractivity (Wildman–Crippen MR) is 102 cm³/mol. The third-order valence-electron chi connectivity index (χ3n) is 6.87. The van der Waals surface area contributed by atoms with E-state index in [-0.39, 0.29) is 54.2 Å². The number of carbonyl (C=O) groups is 3. The number of hydrogen-bond donors (Lipinski definition) is 0. The van der Waals surface area contributed by atoms with Crippen LogP contribution in [-0.4, -0.2) is 48.6 Å². The van der Waals surface area contributed by atoms with Crippen molar-refractivity contribution in [1.29, 1.82) is 0 Å². The Labute approximate surface area is 167 Å². The fourth-order valence-electron chi connectivity index (χ4n) is 5.73. The Bertz CT molecular complexity index is 657. The molecule has 28 heavy (non-hydrogen) atoms. The summed E-state index contributed by atoms with van der Waals surface area (Å²) in [4.78, 5) is 34.7. The second-order valence-electron chi connectivity index (χ2n) is 9.07. The predicted octanol–water partition coefficient (Wildman–Crippen LogP) is 2.73. The Morgan fingerprint density at radius 1 is 1.18 bits per heavy atom. The van der Waals surface area contributed by atoms with E-state index in [4.69, 9.17) is 14.2 Å². The molecule has 3 fully saturated rings. The molecule has 1 aliphatic carbocycles. The Balaban J connectivity index is 2.06. The Kier molecular flexibility index (Phi) is 6.11. The lowest BCUT2D eigenvalue weighted by Gasteiger charge is -2.46. The summed E-state index contributed by atoms with van der Waals surface area (Å²) < 4.78 is 18.5. The van der Waals surface area contributed by atoms with Gasteiger partial charge in [0.15, 0.2) is 0 Å². The average molecular weight is 392 g/mol. The van der Waals surface area contributed by atoms with E-state index in [1.165, 1.54) is 13.0 Å². The third-order valence-corrected chi connectivity index (χ3v) is 6.87. The van der Waals surface area contributed by atoms with Crippen LogP contribution in [0, 0.1) is 29.6 Å². The van der Waals surface area contributed by atoms with E-state index in [0.717, 1.165) is 12.7 Å². The van der Waals surface area contributed by atoms with E-state index in [0.29, 0.717) is 18.4 Å². The molecule has 0 aromatic heterocycles. The van der Waals surface area contributed by atoms with Gasteiger partial charge in [-0.1, -0.05) is 13.8 Å². The van der Waals surface area contributed by atoms with Gasteiger partial charge in [-0.05, 0) is 50.2 Å². The molecule has 0 radical (unpaired) electrons. The van der Waals surface area contributed by atoms with Crippen LogP contribution in [0.25, 0.3) is 0 Å². The van der Waals surface area contributed by atoms with Crippen molar-refractivity contribution in [3.05, 3.63) is 12.2 Å². The van der Waals surface area contributed by atoms with Crippen molar-refractivity contribution in [2.24, 2.45) is 29.6 Å². The summed E-state index contributed by atoms with van der Waals surface area (Å²) >= 11 is 0. The van der Waals surface area contributed by atoms with E-state index in [2.05, 4.69) is 13.8 Å². The number of allylic oxidation sites excluding steroid dienone is 1. The van der Waals surface area contributed by atoms with Crippen LogP contribution in [0.15, 0.2) is 12.2 Å². The molecule has 0 amide bonds. The molecule has 6 nitrogen and oxygen atoms in total. The van der Waals surface area contributed by atoms with Gasteiger partial charge in [0.2, 0.25) is 0 Å². The SMILES string of the molecule is CC(=O)CC1OC2C3C(CC(C)C(OC(C)=O)C13)C(C)COC2(C)C=CC=O. The molecule has 1 saturated carbocycles. The number of ketones is 1. The van der Waals surface area contributed by atoms with E-state index >= 15 is 0 Å². The number of aldehydes is 1. The molecule has 0 aromatic rings. The Morgan fingerprint density at radius 3 is 2.50 bits per heavy atom. The van der Waals surface area contributed by atoms with Crippen molar-refractivity contribution in [1.82, 2.24) is 0 Å². The number of hydrogen-bond acceptors (Lipinski definition) is 6. The molecular weight excluding hydrogens is 360 g/mol. The first-order chi connectivity index (χ1) is 13.2. The summed E-state index contributed by atoms with van der Waals surface area (Å²) in [5, 5.41) is 0. The van der Waals surface area contributed by atoms with E-state index in [1.807, 2.05) is 6.92 Å². The zero-order valence-electron chi connectivity index (χ0n) is 17.4. The van der Waals surface area contributed by atoms with Crippen molar-refractivity contribution in [2.45, 2.75) is 71.4 Å². The van der Waals surface area contributed by atoms with Crippen LogP contribution in [0.1, 0.15) is 47.5 Å². The van der Waals surface area contributed by atoms with Crippen LogP contribution in [-0.2, 0) is 28.6 Å². The maximum atomic E-state index is 12.0. The summed E-state index contributed by atoms with van der Waals surface area (Å²) in [6.45, 7) is 9.82. The summed E-state index contributed by atoms with van der Waals surface area (Å²) in [5.74, 6) is 0.633. The van der Waals surface area contributed by atoms with Gasteiger partial charge in [-0.2, -0.15) is 0 Å². The first-order valence-electron chi connectivity index (χ1n) is 10.3. The molecule has 6 heteroatoms. The number of rotatable bonds is 5. The molecule has 0 spiro atoms. The van der Waals surface area contributed by atoms with Crippen molar-refractivity contribution < 1.29 is 28.6 Å². The monoisotopic (exact) mass is 392 g/mol. The molecule has 2 aliphatic heterocycles. The summed E-state index contributed by atoms with van der Waals surface area (Å²) in [6, 6.07) is 0. The van der Waals surface area contributed by atoms with Crippen LogP contribution in [0.4, 0.5) is 0 Å². The molecule has 156 valence electrons. The number of Topliss-reactive ketones (excluding diaryl/α,β-unsaturated/α-hetero) is 1. The zero-order valence-corrected chi connectivity index (χ0v) is 17.4. The Hall–Kier alpha value is -1.53. The van der Waals surface area contributed by atoms with Crippen LogP contribution in [0.3, 0.4) is 0 Å². The lowest BCUT2D eigenvalue weighted by Crippen LogP contribution is -2.51. The number of ether oxygens (including phenoxy) is 3. The highest BCUT2D eigenvalue weighted by Crippen LogP contribution is 2.56. The van der Waals surface area contributed by atoms with Gasteiger partial charge in [-0.15, -0.1) is 0 Å². The molecule has 2 saturated heterocycles. The highest BCUT2D eigenvalue weighted by molar-refractivity contribution is 5.76. The number of esters is 1. The minimum absolute atomic E-state index is 0.0527. The lowest BCUT2D eigenvalue weighted by atomic mass is 9.60. The van der Waals surface area contributed by atoms with Crippen molar-refractivity contribution >= 4 is 18.0 Å². The zero-order chi connectivity index (χ0) is 20.6. The molecule has 2 heterocycles. The van der Waals surface area contributed by atoms with Crippen LogP contribution in [0.2, 0.25) is 0 Å². The molecular formula is C22H32O6. The van der Waals surface area contributed by atoms with Gasteiger partial charge in [0.1, 0.15) is 23.8 Å². The van der Waals surface area contributed by atoms with Gasteiger partial charge in [0, 0.05) is 25.2 Å². The van der Waals surface area contributed by atoms with E-state index in [1.54, 1.807) is 13.0 Å². The van der Waals surface area contributed by atoms with Gasteiger partial charge in [-0.25, -0.2) is 0 Å². The standard InChI is InChI=1S/C22H32O6/c1-12-9-16-13(2)11-26-22(5,7-6-8-23)21-18(16)19(20(12)27-15(4)25)17(28-21)10-14(3)24/h6-8,12-13,16-21H,9-11H2,1-5H3. The lowest BCUT2D eigenvalue weighted by molar-refractivity contribution is -0.160. The highest BCUT2D eigenvalue weighted by atomic mass is 16.6. The first kappa shape index (κ1) is 21.2. The molecule has 9 unspecified atom stereocenters. The molecule has 3 rings (SSSR count). The van der Waals surface area contributed by atoms with Gasteiger partial charge < -0.3 is 14.2 Å². The van der Waals surface area contributed by atoms with Crippen LogP contribution >= 0.6 is 0 Å². The molecule has 0 aromatic carbocycles. The summed E-state index contributed by atoms with van der Waals surface area (Å²) in [7, 11) is 0. The molecule has 0 N–H and O–H groups in total. The normalized spacial score (nSPS) is 45.3. The van der Waals surface area contributed by atoms with Gasteiger partial charge >= 0.3 is 5.97 Å². The average Bonchev–Trinajstić information content (AvgIpc) is 2.94. The molecule has 9 atom stereocenters. The summed E-state index contributed by atoms with van der Waals surface area (Å²) in [6.07, 6.45) is 4.28. The fraction of sp³-hybridized carbons (Fsp3) is 0.773. The minimum atomic E-state index is -0.764. The van der Waals surface area contributed by atoms with Gasteiger partial charge in [-0.3, -0.25) is 14.4 Å². The highest BCUT2D eigenvalue weighted by Gasteiger charge is 2.62. The first-order valence-corrected chi connectivity index (χ1v) is 10.3. The summed E-state index contributed by atoms with van der Waals surface area (Å²) in [5.41, 5.74) is -0.764. The maximum Gasteiger partial charge on any atom is 0.302 e. The quantitative estimate of drug-likeness (QED) is 0.407. The van der Waals surface area contributed by atoms with Crippen LogP contribution in [0.5, 0.6) is 0 Å². The fourth-order valence-corrected chi connectivity index (χ4v) is 5.73. The van der Waals surface area contributed by atoms with Crippen molar-refractivity contribution in [3.8, 4) is 0 Å². The van der Waals surface area contributed by atoms with Crippen LogP contribution < -0.4 is 0 Å². The largest absolute Gasteiger partial charge is 0.462 e. The van der Waals surface area contributed by atoms with Crippen molar-refractivity contribution in [3.63, 3.8) is 0 Å². The van der Waals surface area contributed by atoms with E-state index < -0.39 is 5.60 Å². The van der Waals surface area contributed by atoms with Gasteiger partial charge in [0.25, 0.3) is 0 Å². The number of carbonyl (C=O) groups excluding carboxylic acids is 3. The van der Waals surface area contributed by atoms with E-state index in [9.17, 15) is 14.4 Å². The third kappa shape index (κ3) is 3.81. The smallest absolute Gasteiger partial charge is 0.302 e. The van der Waals surface area contributed by atoms with Crippen molar-refractivity contribution in [2.75, 3.05) is 6.61 Å². The maximum absolute atomic E-state index is 12.0. The van der Waals surface area contributed by atoms with Gasteiger partial charge in [0.05, 0.1) is 18.8 Å². The second kappa shape index (κ2) is 8.07. The Morgan fingerprint density at radius 2 is 1.89 bits per heavy atom. The molecule has 3 aliphatic rings. The second-order valence-corrected chi connectivity index (χ2v) is 9.07.